The molecule has 0 radical (unpaired) electrons. The van der Waals surface area contributed by atoms with Gasteiger partial charge in [0, 0.05) is 6.42 Å². The van der Waals surface area contributed by atoms with Crippen LogP contribution in [0.15, 0.2) is 0 Å². The fourth-order valence-corrected chi connectivity index (χ4v) is 1.26. The summed E-state index contributed by atoms with van der Waals surface area (Å²) in [5.41, 5.74) is -0.786. The third kappa shape index (κ3) is 2.37. The summed E-state index contributed by atoms with van der Waals surface area (Å²) in [5, 5.41) is 12.1. The zero-order chi connectivity index (χ0) is 9.35. The molecule has 4 nitrogen and oxygen atoms in total. The molecule has 1 aliphatic rings. The number of cyclic esters (lactones) is 1. The highest BCUT2D eigenvalue weighted by atomic mass is 16.6. The SMILES string of the molecule is C[C@@H]1NC(=O)OC1CC(C)(C)O. The monoisotopic (exact) mass is 173 g/mol. The summed E-state index contributed by atoms with van der Waals surface area (Å²) in [7, 11) is 0. The van der Waals surface area contributed by atoms with Crippen molar-refractivity contribution >= 4 is 6.09 Å². The molecule has 2 atom stereocenters. The van der Waals surface area contributed by atoms with Crippen molar-refractivity contribution in [3.63, 3.8) is 0 Å². The second kappa shape index (κ2) is 2.94. The van der Waals surface area contributed by atoms with Crippen molar-refractivity contribution in [2.75, 3.05) is 0 Å². The molecular formula is C8H15NO3. The van der Waals surface area contributed by atoms with E-state index >= 15 is 0 Å². The molecule has 1 unspecified atom stereocenters. The van der Waals surface area contributed by atoms with E-state index < -0.39 is 11.7 Å². The zero-order valence-corrected chi connectivity index (χ0v) is 7.63. The number of ether oxygens (including phenoxy) is 1. The number of hydrogen-bond donors (Lipinski definition) is 2. The van der Waals surface area contributed by atoms with Gasteiger partial charge in [0.2, 0.25) is 0 Å². The first-order valence-corrected chi connectivity index (χ1v) is 4.08. The van der Waals surface area contributed by atoms with Crippen LogP contribution in [0.3, 0.4) is 0 Å². The number of amides is 1. The van der Waals surface area contributed by atoms with Crippen LogP contribution in [0.2, 0.25) is 0 Å². The molecule has 4 heteroatoms. The lowest BCUT2D eigenvalue weighted by atomic mass is 9.98. The summed E-state index contributed by atoms with van der Waals surface area (Å²) in [5.74, 6) is 0. The third-order valence-corrected chi connectivity index (χ3v) is 1.86. The van der Waals surface area contributed by atoms with Crippen molar-refractivity contribution < 1.29 is 14.6 Å². The fraction of sp³-hybridized carbons (Fsp3) is 0.875. The van der Waals surface area contributed by atoms with Crippen LogP contribution in [0, 0.1) is 0 Å². The predicted molar refractivity (Wildman–Crippen MR) is 43.8 cm³/mol. The lowest BCUT2D eigenvalue weighted by Gasteiger charge is -2.22. The van der Waals surface area contributed by atoms with Crippen LogP contribution < -0.4 is 5.32 Å². The molecule has 0 aliphatic carbocycles. The average molecular weight is 173 g/mol. The number of carbonyl (C=O) groups excluding carboxylic acids is 1. The van der Waals surface area contributed by atoms with Crippen LogP contribution >= 0.6 is 0 Å². The number of hydrogen-bond acceptors (Lipinski definition) is 3. The molecule has 0 aromatic rings. The first-order valence-electron chi connectivity index (χ1n) is 4.08. The lowest BCUT2D eigenvalue weighted by molar-refractivity contribution is 0.0197. The van der Waals surface area contributed by atoms with E-state index in [1.54, 1.807) is 13.8 Å². The van der Waals surface area contributed by atoms with Gasteiger partial charge in [-0.15, -0.1) is 0 Å². The fourth-order valence-electron chi connectivity index (χ4n) is 1.26. The number of nitrogens with one attached hydrogen (secondary N) is 1. The van der Waals surface area contributed by atoms with Gasteiger partial charge in [0.25, 0.3) is 0 Å². The highest BCUT2D eigenvalue weighted by Crippen LogP contribution is 2.19. The Labute approximate surface area is 71.9 Å². The first kappa shape index (κ1) is 9.32. The molecule has 2 N–H and O–H groups in total. The van der Waals surface area contributed by atoms with Gasteiger partial charge in [-0.25, -0.2) is 4.79 Å². The number of carbonyl (C=O) groups is 1. The Kier molecular flexibility index (Phi) is 2.28. The van der Waals surface area contributed by atoms with Gasteiger partial charge in [-0.1, -0.05) is 0 Å². The van der Waals surface area contributed by atoms with Crippen molar-refractivity contribution in [1.82, 2.24) is 5.32 Å². The summed E-state index contributed by atoms with van der Waals surface area (Å²) < 4.78 is 4.94. The van der Waals surface area contributed by atoms with Crippen molar-refractivity contribution in [3.8, 4) is 0 Å². The van der Waals surface area contributed by atoms with Gasteiger partial charge in [-0.3, -0.25) is 0 Å². The van der Waals surface area contributed by atoms with Gasteiger partial charge < -0.3 is 15.2 Å². The van der Waals surface area contributed by atoms with Crippen molar-refractivity contribution in [1.29, 1.82) is 0 Å². The maximum atomic E-state index is 10.7. The molecule has 1 aliphatic heterocycles. The summed E-state index contributed by atoms with van der Waals surface area (Å²) in [6.07, 6.45) is -0.137. The Hall–Kier alpha value is -0.770. The minimum Gasteiger partial charge on any atom is -0.444 e. The maximum absolute atomic E-state index is 10.7. The molecule has 0 saturated carbocycles. The molecule has 1 saturated heterocycles. The minimum atomic E-state index is -0.786. The van der Waals surface area contributed by atoms with E-state index in [2.05, 4.69) is 5.32 Å². The third-order valence-electron chi connectivity index (χ3n) is 1.86. The molecule has 70 valence electrons. The van der Waals surface area contributed by atoms with Crippen molar-refractivity contribution in [2.45, 2.75) is 44.9 Å². The number of rotatable bonds is 2. The van der Waals surface area contributed by atoms with Crippen LogP contribution in [-0.2, 0) is 4.74 Å². The van der Waals surface area contributed by atoms with Crippen LogP contribution in [0.25, 0.3) is 0 Å². The van der Waals surface area contributed by atoms with E-state index in [9.17, 15) is 9.90 Å². The molecule has 1 heterocycles. The summed E-state index contributed by atoms with van der Waals surface area (Å²) in [6.45, 7) is 5.26. The Bertz CT molecular complexity index is 185. The Morgan fingerprint density at radius 3 is 2.58 bits per heavy atom. The lowest BCUT2D eigenvalue weighted by Crippen LogP contribution is -2.34. The zero-order valence-electron chi connectivity index (χ0n) is 7.63. The summed E-state index contributed by atoms with van der Waals surface area (Å²) in [4.78, 5) is 10.7. The summed E-state index contributed by atoms with van der Waals surface area (Å²) >= 11 is 0. The van der Waals surface area contributed by atoms with E-state index in [0.717, 1.165) is 0 Å². The highest BCUT2D eigenvalue weighted by Gasteiger charge is 2.34. The predicted octanol–water partition coefficient (Wildman–Crippen LogP) is 0.644. The normalized spacial score (nSPS) is 29.8. The van der Waals surface area contributed by atoms with E-state index in [1.807, 2.05) is 6.92 Å². The molecule has 0 bridgehead atoms. The van der Waals surface area contributed by atoms with Crippen LogP contribution in [-0.4, -0.2) is 28.9 Å². The average Bonchev–Trinajstić information content (AvgIpc) is 2.06. The molecule has 12 heavy (non-hydrogen) atoms. The minimum absolute atomic E-state index is 0.0103. The Morgan fingerprint density at radius 2 is 2.25 bits per heavy atom. The molecule has 1 amide bonds. The number of aliphatic hydroxyl groups is 1. The van der Waals surface area contributed by atoms with E-state index in [0.29, 0.717) is 6.42 Å². The standard InChI is InChI=1S/C8H15NO3/c1-5-6(4-8(2,3)11)12-7(10)9-5/h5-6,11H,4H2,1-3H3,(H,9,10)/t5-,6?/m0/s1. The van der Waals surface area contributed by atoms with Gasteiger partial charge in [0.05, 0.1) is 11.6 Å². The van der Waals surface area contributed by atoms with Gasteiger partial charge in [0.15, 0.2) is 0 Å². The van der Waals surface area contributed by atoms with Gasteiger partial charge in [-0.05, 0) is 20.8 Å². The molecule has 1 fully saturated rings. The molecule has 0 aromatic heterocycles. The van der Waals surface area contributed by atoms with E-state index in [1.165, 1.54) is 0 Å². The molecule has 0 spiro atoms. The smallest absolute Gasteiger partial charge is 0.407 e. The maximum Gasteiger partial charge on any atom is 0.407 e. The van der Waals surface area contributed by atoms with Gasteiger partial charge in [-0.2, -0.15) is 0 Å². The summed E-state index contributed by atoms with van der Waals surface area (Å²) in [6, 6.07) is -0.0103. The second-order valence-corrected chi connectivity index (χ2v) is 3.89. The van der Waals surface area contributed by atoms with E-state index in [4.69, 9.17) is 4.74 Å². The Balaban J connectivity index is 2.48. The van der Waals surface area contributed by atoms with Crippen molar-refractivity contribution in [2.24, 2.45) is 0 Å². The highest BCUT2D eigenvalue weighted by molar-refractivity contribution is 5.70. The van der Waals surface area contributed by atoms with Crippen LogP contribution in [0.1, 0.15) is 27.2 Å². The van der Waals surface area contributed by atoms with Crippen molar-refractivity contribution in [3.05, 3.63) is 0 Å². The van der Waals surface area contributed by atoms with E-state index in [-0.39, 0.29) is 12.1 Å². The Morgan fingerprint density at radius 1 is 1.67 bits per heavy atom. The second-order valence-electron chi connectivity index (χ2n) is 3.89. The first-order chi connectivity index (χ1) is 5.38. The molecule has 1 rings (SSSR count). The largest absolute Gasteiger partial charge is 0.444 e. The number of alkyl carbamates (subject to hydrolysis) is 1. The molecular weight excluding hydrogens is 158 g/mol. The molecule has 0 aromatic carbocycles. The van der Waals surface area contributed by atoms with Crippen LogP contribution in [0.5, 0.6) is 0 Å². The van der Waals surface area contributed by atoms with Crippen LogP contribution in [0.4, 0.5) is 4.79 Å². The quantitative estimate of drug-likeness (QED) is 0.644. The topological polar surface area (TPSA) is 58.6 Å². The van der Waals surface area contributed by atoms with Gasteiger partial charge >= 0.3 is 6.09 Å². The van der Waals surface area contributed by atoms with Gasteiger partial charge in [0.1, 0.15) is 6.10 Å².